The molecule has 0 radical (unpaired) electrons. The second kappa shape index (κ2) is 6.83. The lowest BCUT2D eigenvalue weighted by atomic mass is 9.73. The highest BCUT2D eigenvalue weighted by atomic mass is 14.4. The lowest BCUT2D eigenvalue weighted by Crippen LogP contribution is -2.23. The fraction of sp³-hybridized carbons (Fsp3) is 0.185. The second-order valence-corrected chi connectivity index (χ2v) is 7.07. The third kappa shape index (κ3) is 2.75. The lowest BCUT2D eigenvalue weighted by molar-refractivity contribution is 0.490. The first-order valence-corrected chi connectivity index (χ1v) is 9.55. The summed E-state index contributed by atoms with van der Waals surface area (Å²) in [5.74, 6) is 9.42. The van der Waals surface area contributed by atoms with E-state index >= 15 is 0 Å². The Morgan fingerprint density at radius 1 is 0.704 bits per heavy atom. The van der Waals surface area contributed by atoms with Crippen LogP contribution in [0.3, 0.4) is 0 Å². The minimum atomic E-state index is 0.0158. The lowest BCUT2D eigenvalue weighted by Gasteiger charge is -2.29. The zero-order valence-electron chi connectivity index (χ0n) is 15.8. The van der Waals surface area contributed by atoms with E-state index in [4.69, 9.17) is 6.42 Å². The minimum Gasteiger partial charge on any atom is -0.115 e. The van der Waals surface area contributed by atoms with Crippen molar-refractivity contribution in [3.05, 3.63) is 94.5 Å². The summed E-state index contributed by atoms with van der Waals surface area (Å²) in [5, 5.41) is 0. The summed E-state index contributed by atoms with van der Waals surface area (Å²) in [6, 6.07) is 23.2. The molecule has 0 saturated heterocycles. The summed E-state index contributed by atoms with van der Waals surface area (Å²) in [7, 11) is 0. The van der Waals surface area contributed by atoms with Crippen LogP contribution in [0.5, 0.6) is 0 Å². The predicted octanol–water partition coefficient (Wildman–Crippen LogP) is 6.15. The van der Waals surface area contributed by atoms with E-state index in [0.29, 0.717) is 0 Å². The largest absolute Gasteiger partial charge is 0.115 e. The smallest absolute Gasteiger partial charge is 0.0252 e. The maximum atomic E-state index is 5.67. The molecule has 0 unspecified atom stereocenters. The van der Waals surface area contributed by atoms with Gasteiger partial charge in [-0.25, -0.2) is 0 Å². The molecule has 0 N–H and O–H groups in total. The van der Waals surface area contributed by atoms with Gasteiger partial charge in [0.2, 0.25) is 0 Å². The maximum Gasteiger partial charge on any atom is 0.0252 e. The molecule has 27 heavy (non-hydrogen) atoms. The Kier molecular flexibility index (Phi) is 4.35. The van der Waals surface area contributed by atoms with Crippen LogP contribution in [0, 0.1) is 24.2 Å². The summed E-state index contributed by atoms with van der Waals surface area (Å²) in [5.41, 5.74) is 8.46. The van der Waals surface area contributed by atoms with E-state index in [1.54, 1.807) is 0 Å². The van der Waals surface area contributed by atoms with Crippen LogP contribution in [-0.4, -0.2) is 0 Å². The average Bonchev–Trinajstić information content (AvgIpc) is 3.01. The zero-order chi connectivity index (χ0) is 18.9. The fourth-order valence-corrected chi connectivity index (χ4v) is 4.34. The molecule has 0 fully saturated rings. The Labute approximate surface area is 162 Å². The Hall–Kier alpha value is -3.22. The van der Waals surface area contributed by atoms with Crippen molar-refractivity contribution < 1.29 is 0 Å². The van der Waals surface area contributed by atoms with Gasteiger partial charge in [-0.2, -0.15) is 0 Å². The Balaban J connectivity index is 1.85. The van der Waals surface area contributed by atoms with Crippen LogP contribution < -0.4 is 0 Å². The molecule has 3 aromatic carbocycles. The Morgan fingerprint density at radius 2 is 1.26 bits per heavy atom. The van der Waals surface area contributed by atoms with Crippen LogP contribution in [0.15, 0.2) is 66.7 Å². The van der Waals surface area contributed by atoms with Crippen molar-refractivity contribution in [2.45, 2.75) is 32.1 Å². The van der Waals surface area contributed by atoms with Crippen LogP contribution in [0.1, 0.15) is 54.5 Å². The molecule has 4 rings (SSSR count). The third-order valence-electron chi connectivity index (χ3n) is 5.86. The Morgan fingerprint density at radius 3 is 1.85 bits per heavy atom. The monoisotopic (exact) mass is 346 g/mol. The second-order valence-electron chi connectivity index (χ2n) is 7.07. The summed E-state index contributed by atoms with van der Waals surface area (Å²) in [4.78, 5) is 0. The van der Waals surface area contributed by atoms with Gasteiger partial charge in [0.05, 0.1) is 0 Å². The normalized spacial score (nSPS) is 13.1. The van der Waals surface area contributed by atoms with Crippen LogP contribution in [-0.2, 0) is 5.41 Å². The Bertz CT molecular complexity index is 1090. The number of terminal acetylenes is 1. The van der Waals surface area contributed by atoms with Gasteiger partial charge in [0, 0.05) is 22.1 Å². The van der Waals surface area contributed by atoms with Gasteiger partial charge in [0.1, 0.15) is 0 Å². The topological polar surface area (TPSA) is 0 Å². The van der Waals surface area contributed by atoms with Crippen molar-refractivity contribution in [3.63, 3.8) is 0 Å². The van der Waals surface area contributed by atoms with E-state index in [1.165, 1.54) is 22.3 Å². The molecule has 0 aliphatic heterocycles. The molecule has 0 heteroatoms. The fourth-order valence-electron chi connectivity index (χ4n) is 4.34. The SMILES string of the molecule is C#Cc1ccc2c(c1)C(CC)(CC)c1cc(C#Cc3ccccc3)ccc1-2. The molecule has 0 amide bonds. The van der Waals surface area contributed by atoms with Gasteiger partial charge >= 0.3 is 0 Å². The van der Waals surface area contributed by atoms with Crippen LogP contribution in [0.2, 0.25) is 0 Å². The molecule has 0 nitrogen and oxygen atoms in total. The van der Waals surface area contributed by atoms with Gasteiger partial charge in [-0.15, -0.1) is 6.42 Å². The number of rotatable bonds is 2. The summed E-state index contributed by atoms with van der Waals surface area (Å²) in [6.45, 7) is 4.54. The van der Waals surface area contributed by atoms with E-state index in [1.807, 2.05) is 36.4 Å². The highest BCUT2D eigenvalue weighted by Crippen LogP contribution is 2.52. The van der Waals surface area contributed by atoms with E-state index in [-0.39, 0.29) is 5.41 Å². The van der Waals surface area contributed by atoms with Gasteiger partial charge in [0.15, 0.2) is 0 Å². The average molecular weight is 346 g/mol. The molecule has 0 heterocycles. The van der Waals surface area contributed by atoms with E-state index in [2.05, 4.69) is 61.9 Å². The molecule has 1 aliphatic carbocycles. The standard InChI is InChI=1S/C27H22/c1-4-20-14-16-23-24-17-15-22(13-12-21-10-8-7-9-11-21)19-26(24)27(5-2,6-3)25(23)18-20/h1,7-11,14-19H,5-6H2,2-3H3. The number of hydrogen-bond acceptors (Lipinski definition) is 0. The van der Waals surface area contributed by atoms with Gasteiger partial charge in [0.25, 0.3) is 0 Å². The van der Waals surface area contributed by atoms with E-state index in [9.17, 15) is 0 Å². The first-order chi connectivity index (χ1) is 13.2. The highest BCUT2D eigenvalue weighted by Gasteiger charge is 2.40. The first-order valence-electron chi connectivity index (χ1n) is 9.55. The maximum absolute atomic E-state index is 5.67. The van der Waals surface area contributed by atoms with Crippen molar-refractivity contribution >= 4 is 0 Å². The molecule has 0 spiro atoms. The number of hydrogen-bond donors (Lipinski definition) is 0. The quantitative estimate of drug-likeness (QED) is 0.488. The molecule has 0 saturated carbocycles. The van der Waals surface area contributed by atoms with Gasteiger partial charge in [-0.3, -0.25) is 0 Å². The number of fused-ring (bicyclic) bond motifs is 3. The van der Waals surface area contributed by atoms with Crippen molar-refractivity contribution in [2.75, 3.05) is 0 Å². The molecular formula is C27H22. The van der Waals surface area contributed by atoms with Crippen molar-refractivity contribution in [1.29, 1.82) is 0 Å². The molecular weight excluding hydrogens is 324 g/mol. The summed E-state index contributed by atoms with van der Waals surface area (Å²) < 4.78 is 0. The molecule has 0 atom stereocenters. The van der Waals surface area contributed by atoms with Crippen molar-refractivity contribution in [3.8, 4) is 35.3 Å². The minimum absolute atomic E-state index is 0.0158. The van der Waals surface area contributed by atoms with E-state index < -0.39 is 0 Å². The molecule has 0 aromatic heterocycles. The summed E-state index contributed by atoms with van der Waals surface area (Å²) in [6.07, 6.45) is 7.77. The zero-order valence-corrected chi connectivity index (χ0v) is 15.8. The first kappa shape index (κ1) is 17.2. The van der Waals surface area contributed by atoms with Crippen molar-refractivity contribution in [2.24, 2.45) is 0 Å². The van der Waals surface area contributed by atoms with Crippen LogP contribution in [0.25, 0.3) is 11.1 Å². The van der Waals surface area contributed by atoms with Gasteiger partial charge in [-0.05, 0) is 71.5 Å². The van der Waals surface area contributed by atoms with Crippen molar-refractivity contribution in [1.82, 2.24) is 0 Å². The van der Waals surface area contributed by atoms with Gasteiger partial charge in [-0.1, -0.05) is 61.9 Å². The van der Waals surface area contributed by atoms with E-state index in [0.717, 1.165) is 29.5 Å². The molecule has 3 aromatic rings. The molecule has 130 valence electrons. The van der Waals surface area contributed by atoms with Crippen LogP contribution in [0.4, 0.5) is 0 Å². The van der Waals surface area contributed by atoms with Crippen LogP contribution >= 0.6 is 0 Å². The van der Waals surface area contributed by atoms with Gasteiger partial charge < -0.3 is 0 Å². The third-order valence-corrected chi connectivity index (χ3v) is 5.86. The highest BCUT2D eigenvalue weighted by molar-refractivity contribution is 5.82. The number of benzene rings is 3. The summed E-state index contributed by atoms with van der Waals surface area (Å²) >= 11 is 0. The predicted molar refractivity (Wildman–Crippen MR) is 114 cm³/mol. The molecule has 1 aliphatic rings. The molecule has 0 bridgehead atoms.